The fraction of sp³-hybridized carbons (Fsp3) is 0.571. The maximum atomic E-state index is 4.34. The third-order valence-corrected chi connectivity index (χ3v) is 3.76. The van der Waals surface area contributed by atoms with E-state index >= 15 is 0 Å². The highest BCUT2D eigenvalue weighted by atomic mass is 79.9. The predicted octanol–water partition coefficient (Wildman–Crippen LogP) is 2.92. The lowest BCUT2D eigenvalue weighted by atomic mass is 10.5. The Morgan fingerprint density at radius 1 is 1.70 bits per heavy atom. The molecule has 0 aromatic carbocycles. The highest BCUT2D eigenvalue weighted by Gasteiger charge is 2.26. The second kappa shape index (κ2) is 2.62. The van der Waals surface area contributed by atoms with Gasteiger partial charge in [0.15, 0.2) is 0 Å². The van der Waals surface area contributed by atoms with Gasteiger partial charge in [-0.25, -0.2) is 4.98 Å². The van der Waals surface area contributed by atoms with Gasteiger partial charge >= 0.3 is 0 Å². The molecule has 1 aromatic rings. The van der Waals surface area contributed by atoms with Gasteiger partial charge in [-0.15, -0.1) is 11.3 Å². The average Bonchev–Trinajstić information content (AvgIpc) is 2.70. The van der Waals surface area contributed by atoms with Crippen LogP contribution in [0.4, 0.5) is 0 Å². The number of rotatable bonds is 2. The summed E-state index contributed by atoms with van der Waals surface area (Å²) in [5.74, 6) is 0.817. The molecule has 1 saturated carbocycles. The summed E-state index contributed by atoms with van der Waals surface area (Å²) >= 11 is 5.26. The largest absolute Gasteiger partial charge is 0.249 e. The van der Waals surface area contributed by atoms with Crippen LogP contribution < -0.4 is 0 Å². The number of hydrogen-bond acceptors (Lipinski definition) is 2. The van der Waals surface area contributed by atoms with Crippen molar-refractivity contribution in [1.29, 1.82) is 0 Å². The minimum absolute atomic E-state index is 0.817. The maximum Gasteiger partial charge on any atom is 0.0958 e. The van der Waals surface area contributed by atoms with Crippen LogP contribution in [0.2, 0.25) is 0 Å². The van der Waals surface area contributed by atoms with E-state index in [1.807, 2.05) is 17.5 Å². The zero-order valence-corrected chi connectivity index (χ0v) is 7.91. The third-order valence-electron chi connectivity index (χ3n) is 1.63. The molecule has 0 spiro atoms. The third kappa shape index (κ3) is 1.25. The average molecular weight is 218 g/mol. The van der Waals surface area contributed by atoms with Gasteiger partial charge in [-0.3, -0.25) is 0 Å². The number of nitrogens with zero attached hydrogens (tertiary/aromatic N) is 1. The Balaban J connectivity index is 2.19. The highest BCUT2D eigenvalue weighted by molar-refractivity contribution is 9.08. The van der Waals surface area contributed by atoms with Crippen LogP contribution in [0.25, 0.3) is 0 Å². The molecule has 0 amide bonds. The molecule has 1 heterocycles. The van der Waals surface area contributed by atoms with Crippen LogP contribution in [-0.4, -0.2) is 4.98 Å². The second-order valence-corrected chi connectivity index (χ2v) is 4.28. The summed E-state index contributed by atoms with van der Waals surface area (Å²) in [6.07, 6.45) is 4.69. The first kappa shape index (κ1) is 6.80. The molecular weight excluding hydrogens is 210 g/mol. The summed E-state index contributed by atoms with van der Waals surface area (Å²) in [7, 11) is 0. The van der Waals surface area contributed by atoms with Crippen LogP contribution in [0.5, 0.6) is 0 Å². The molecule has 0 bridgehead atoms. The number of halogens is 1. The highest BCUT2D eigenvalue weighted by Crippen LogP contribution is 2.41. The summed E-state index contributed by atoms with van der Waals surface area (Å²) in [5, 5.41) is 2.30. The number of hydrogen-bond donors (Lipinski definition) is 0. The number of thiazole rings is 1. The molecule has 1 aromatic heterocycles. The van der Waals surface area contributed by atoms with Gasteiger partial charge in [-0.2, -0.15) is 0 Å². The van der Waals surface area contributed by atoms with E-state index in [2.05, 4.69) is 20.9 Å². The molecule has 1 fully saturated rings. The van der Waals surface area contributed by atoms with Crippen LogP contribution >= 0.6 is 27.3 Å². The lowest BCUT2D eigenvalue weighted by molar-refractivity contribution is 1.08. The van der Waals surface area contributed by atoms with Gasteiger partial charge in [-0.05, 0) is 12.8 Å². The molecule has 3 heteroatoms. The molecule has 1 aliphatic rings. The van der Waals surface area contributed by atoms with E-state index in [0.29, 0.717) is 0 Å². The van der Waals surface area contributed by atoms with E-state index in [4.69, 9.17) is 0 Å². The maximum absolute atomic E-state index is 4.34. The van der Waals surface area contributed by atoms with E-state index in [0.717, 1.165) is 11.2 Å². The topological polar surface area (TPSA) is 12.9 Å². The first-order chi connectivity index (χ1) is 4.90. The minimum Gasteiger partial charge on any atom is -0.249 e. The van der Waals surface area contributed by atoms with Crippen molar-refractivity contribution in [1.82, 2.24) is 4.98 Å². The summed E-state index contributed by atoms with van der Waals surface area (Å²) in [6, 6.07) is 0. The molecule has 0 aliphatic heterocycles. The van der Waals surface area contributed by atoms with Crippen LogP contribution in [0.1, 0.15) is 28.6 Å². The van der Waals surface area contributed by atoms with Crippen LogP contribution in [0.3, 0.4) is 0 Å². The molecule has 1 nitrogen and oxygen atoms in total. The molecule has 2 rings (SSSR count). The predicted molar refractivity (Wildman–Crippen MR) is 46.7 cm³/mol. The van der Waals surface area contributed by atoms with Crippen molar-refractivity contribution in [3.8, 4) is 0 Å². The monoisotopic (exact) mass is 217 g/mol. The smallest absolute Gasteiger partial charge is 0.0958 e. The van der Waals surface area contributed by atoms with Crippen molar-refractivity contribution in [3.63, 3.8) is 0 Å². The number of alkyl halides is 1. The van der Waals surface area contributed by atoms with Crippen LogP contribution in [0, 0.1) is 0 Å². The Morgan fingerprint density at radius 3 is 3.00 bits per heavy atom. The molecule has 1 aliphatic carbocycles. The first-order valence-corrected chi connectivity index (χ1v) is 5.34. The van der Waals surface area contributed by atoms with E-state index in [9.17, 15) is 0 Å². The van der Waals surface area contributed by atoms with Crippen LogP contribution in [-0.2, 0) is 5.33 Å². The van der Waals surface area contributed by atoms with Crippen molar-refractivity contribution in [2.75, 3.05) is 0 Å². The SMILES string of the molecule is BrCc1cnc(C2CC2)s1. The van der Waals surface area contributed by atoms with Crippen molar-refractivity contribution in [2.45, 2.75) is 24.1 Å². The van der Waals surface area contributed by atoms with Crippen LogP contribution in [0.15, 0.2) is 6.20 Å². The Labute approximate surface area is 72.6 Å². The molecule has 0 saturated heterocycles. The minimum atomic E-state index is 0.817. The Morgan fingerprint density at radius 2 is 2.50 bits per heavy atom. The lowest BCUT2D eigenvalue weighted by Crippen LogP contribution is -1.70. The fourth-order valence-corrected chi connectivity index (χ4v) is 2.33. The summed E-state index contributed by atoms with van der Waals surface area (Å²) in [5.41, 5.74) is 0. The lowest BCUT2D eigenvalue weighted by Gasteiger charge is -1.83. The molecule has 0 radical (unpaired) electrons. The standard InChI is InChI=1S/C7H8BrNS/c8-3-6-4-9-7(10-6)5-1-2-5/h4-5H,1-3H2. The summed E-state index contributed by atoms with van der Waals surface area (Å²) < 4.78 is 0. The fourth-order valence-electron chi connectivity index (χ4n) is 0.903. The van der Waals surface area contributed by atoms with E-state index in [-0.39, 0.29) is 0 Å². The van der Waals surface area contributed by atoms with Gasteiger partial charge < -0.3 is 0 Å². The van der Waals surface area contributed by atoms with Gasteiger partial charge in [0.2, 0.25) is 0 Å². The van der Waals surface area contributed by atoms with Gasteiger partial charge in [0.1, 0.15) is 0 Å². The van der Waals surface area contributed by atoms with E-state index in [1.165, 1.54) is 22.7 Å². The molecule has 54 valence electrons. The van der Waals surface area contributed by atoms with Gasteiger partial charge in [-0.1, -0.05) is 15.9 Å². The molecule has 0 unspecified atom stereocenters. The van der Waals surface area contributed by atoms with Crippen molar-refractivity contribution < 1.29 is 0 Å². The second-order valence-electron chi connectivity index (χ2n) is 2.57. The van der Waals surface area contributed by atoms with E-state index in [1.54, 1.807) is 0 Å². The Bertz CT molecular complexity index is 229. The Kier molecular flexibility index (Phi) is 1.78. The zero-order valence-electron chi connectivity index (χ0n) is 5.51. The normalized spacial score (nSPS) is 17.7. The molecular formula is C7H8BrNS. The zero-order chi connectivity index (χ0) is 6.97. The molecule has 0 N–H and O–H groups in total. The van der Waals surface area contributed by atoms with Crippen molar-refractivity contribution in [2.24, 2.45) is 0 Å². The van der Waals surface area contributed by atoms with Crippen molar-refractivity contribution >= 4 is 27.3 Å². The summed E-state index contributed by atoms with van der Waals surface area (Å²) in [4.78, 5) is 5.69. The number of aromatic nitrogens is 1. The molecule has 0 atom stereocenters. The first-order valence-electron chi connectivity index (χ1n) is 3.40. The van der Waals surface area contributed by atoms with Crippen molar-refractivity contribution in [3.05, 3.63) is 16.1 Å². The molecule has 10 heavy (non-hydrogen) atoms. The summed E-state index contributed by atoms with van der Waals surface area (Å²) in [6.45, 7) is 0. The van der Waals surface area contributed by atoms with Gasteiger partial charge in [0.05, 0.1) is 5.01 Å². The van der Waals surface area contributed by atoms with Gasteiger partial charge in [0.25, 0.3) is 0 Å². The van der Waals surface area contributed by atoms with Gasteiger partial charge in [0, 0.05) is 22.3 Å². The quantitative estimate of drug-likeness (QED) is 0.695. The Hall–Kier alpha value is 0.110. The van der Waals surface area contributed by atoms with E-state index < -0.39 is 0 Å².